The summed E-state index contributed by atoms with van der Waals surface area (Å²) in [5, 5.41) is 0. The van der Waals surface area contributed by atoms with Crippen LogP contribution in [0.25, 0.3) is 0 Å². The van der Waals surface area contributed by atoms with Crippen molar-refractivity contribution in [2.24, 2.45) is 11.7 Å². The lowest BCUT2D eigenvalue weighted by atomic mass is 10.0. The Morgan fingerprint density at radius 3 is 2.24 bits per heavy atom. The Balaban J connectivity index is 4.87. The fourth-order valence-electron chi connectivity index (χ4n) is 1.42. The smallest absolute Gasteiger partial charge is 0.325 e. The van der Waals surface area contributed by atoms with E-state index < -0.39 is 11.9 Å². The van der Waals surface area contributed by atoms with E-state index in [1.807, 2.05) is 20.8 Å². The van der Waals surface area contributed by atoms with Crippen LogP contribution in [-0.4, -0.2) is 41.5 Å². The number of rotatable bonds is 6. The minimum atomic E-state index is -0.517. The van der Waals surface area contributed by atoms with Crippen molar-refractivity contribution in [3.63, 3.8) is 0 Å². The Hall–Kier alpha value is -1.17. The van der Waals surface area contributed by atoms with Gasteiger partial charge in [-0.05, 0) is 20.3 Å². The maximum atomic E-state index is 12.2. The van der Waals surface area contributed by atoms with Crippen molar-refractivity contribution in [2.75, 3.05) is 13.7 Å². The lowest BCUT2D eigenvalue weighted by molar-refractivity contribution is -0.149. The lowest BCUT2D eigenvalue weighted by Crippen LogP contribution is -2.46. The van der Waals surface area contributed by atoms with E-state index in [2.05, 4.69) is 4.74 Å². The minimum Gasteiger partial charge on any atom is -0.468 e. The Kier molecular flexibility index (Phi) is 6.72. The molecule has 0 aromatic rings. The number of thiocarbonyl (C=S) groups is 1. The van der Waals surface area contributed by atoms with Crippen LogP contribution in [0.2, 0.25) is 0 Å². The van der Waals surface area contributed by atoms with Gasteiger partial charge in [0.1, 0.15) is 6.54 Å². The largest absolute Gasteiger partial charge is 0.468 e. The van der Waals surface area contributed by atoms with E-state index >= 15 is 0 Å². The molecule has 0 saturated carbocycles. The zero-order chi connectivity index (χ0) is 13.6. The summed E-state index contributed by atoms with van der Waals surface area (Å²) in [5.74, 6) is -1.19. The molecule has 0 rings (SSSR count). The lowest BCUT2D eigenvalue weighted by Gasteiger charge is -2.28. The Labute approximate surface area is 107 Å². The van der Waals surface area contributed by atoms with Crippen molar-refractivity contribution in [2.45, 2.75) is 33.2 Å². The first-order valence-electron chi connectivity index (χ1n) is 5.51. The normalized spacial score (nSPS) is 12.1. The van der Waals surface area contributed by atoms with Crippen molar-refractivity contribution in [1.29, 1.82) is 0 Å². The summed E-state index contributed by atoms with van der Waals surface area (Å²) in [4.78, 5) is 25.0. The van der Waals surface area contributed by atoms with E-state index in [1.54, 1.807) is 0 Å². The highest BCUT2D eigenvalue weighted by atomic mass is 32.1. The van der Waals surface area contributed by atoms with E-state index in [0.717, 1.165) is 0 Å². The molecule has 0 aromatic carbocycles. The van der Waals surface area contributed by atoms with Gasteiger partial charge >= 0.3 is 5.97 Å². The van der Waals surface area contributed by atoms with Crippen LogP contribution in [0.4, 0.5) is 0 Å². The van der Waals surface area contributed by atoms with E-state index in [9.17, 15) is 9.59 Å². The number of nitrogens with two attached hydrogens (primary N) is 1. The summed E-state index contributed by atoms with van der Waals surface area (Å²) in [6.45, 7) is 5.41. The summed E-state index contributed by atoms with van der Waals surface area (Å²) in [6, 6.07) is -0.106. The molecule has 0 heterocycles. The third kappa shape index (κ3) is 4.68. The molecule has 1 atom stereocenters. The van der Waals surface area contributed by atoms with Gasteiger partial charge in [0.15, 0.2) is 0 Å². The average molecular weight is 260 g/mol. The van der Waals surface area contributed by atoms with Gasteiger partial charge in [-0.1, -0.05) is 19.1 Å². The number of ether oxygens (including phenoxy) is 1. The van der Waals surface area contributed by atoms with E-state index in [0.29, 0.717) is 6.42 Å². The number of carbonyl (C=O) groups is 2. The van der Waals surface area contributed by atoms with Gasteiger partial charge in [-0.15, -0.1) is 0 Å². The molecule has 0 aliphatic heterocycles. The second-order valence-corrected chi connectivity index (χ2v) is 4.47. The number of hydrogen-bond donors (Lipinski definition) is 1. The first-order valence-corrected chi connectivity index (χ1v) is 5.92. The molecular formula is C11H20N2O3S. The first kappa shape index (κ1) is 15.8. The molecular weight excluding hydrogens is 240 g/mol. The monoisotopic (exact) mass is 260 g/mol. The number of carbonyl (C=O) groups excluding carboxylic acids is 2. The highest BCUT2D eigenvalue weighted by Gasteiger charge is 2.28. The number of amides is 1. The van der Waals surface area contributed by atoms with Crippen LogP contribution in [0.15, 0.2) is 0 Å². The summed E-state index contributed by atoms with van der Waals surface area (Å²) in [7, 11) is 1.29. The molecule has 0 radical (unpaired) electrons. The summed E-state index contributed by atoms with van der Waals surface area (Å²) in [6.07, 6.45) is 0.526. The molecule has 0 aliphatic carbocycles. The quantitative estimate of drug-likeness (QED) is 0.562. The van der Waals surface area contributed by atoms with Gasteiger partial charge in [0.25, 0.3) is 0 Å². The molecule has 6 heteroatoms. The SMILES string of the molecule is CCC(C(=O)N(CC(=O)OC)C(C)C)C(N)=S. The third-order valence-electron chi connectivity index (χ3n) is 2.48. The Morgan fingerprint density at radius 2 is 1.94 bits per heavy atom. The molecule has 0 fully saturated rings. The molecule has 17 heavy (non-hydrogen) atoms. The van der Waals surface area contributed by atoms with Crippen molar-refractivity contribution in [3.8, 4) is 0 Å². The van der Waals surface area contributed by atoms with Crippen LogP contribution >= 0.6 is 12.2 Å². The van der Waals surface area contributed by atoms with Gasteiger partial charge in [-0.3, -0.25) is 9.59 Å². The van der Waals surface area contributed by atoms with Gasteiger partial charge in [-0.2, -0.15) is 0 Å². The molecule has 5 nitrogen and oxygen atoms in total. The number of nitrogens with zero attached hydrogens (tertiary/aromatic N) is 1. The predicted molar refractivity (Wildman–Crippen MR) is 69.4 cm³/mol. The predicted octanol–water partition coefficient (Wildman–Crippen LogP) is 0.709. The van der Waals surface area contributed by atoms with Crippen LogP contribution in [0, 0.1) is 5.92 Å². The van der Waals surface area contributed by atoms with Gasteiger partial charge in [0.05, 0.1) is 18.0 Å². The molecule has 0 bridgehead atoms. The van der Waals surface area contributed by atoms with Gasteiger partial charge in [0.2, 0.25) is 5.91 Å². The fraction of sp³-hybridized carbons (Fsp3) is 0.727. The number of methoxy groups -OCH3 is 1. The van der Waals surface area contributed by atoms with Crippen molar-refractivity contribution in [3.05, 3.63) is 0 Å². The molecule has 0 aliphatic rings. The van der Waals surface area contributed by atoms with Crippen molar-refractivity contribution >= 4 is 29.1 Å². The second kappa shape index (κ2) is 7.21. The van der Waals surface area contributed by atoms with Gasteiger partial charge in [-0.25, -0.2) is 0 Å². The van der Waals surface area contributed by atoms with E-state index in [1.165, 1.54) is 12.0 Å². The van der Waals surface area contributed by atoms with Crippen LogP contribution in [-0.2, 0) is 14.3 Å². The highest BCUT2D eigenvalue weighted by Crippen LogP contribution is 2.11. The Bertz CT molecular complexity index is 305. The van der Waals surface area contributed by atoms with Crippen molar-refractivity contribution in [1.82, 2.24) is 4.90 Å². The van der Waals surface area contributed by atoms with Gasteiger partial charge in [0, 0.05) is 6.04 Å². The van der Waals surface area contributed by atoms with Crippen molar-refractivity contribution < 1.29 is 14.3 Å². The summed E-state index contributed by atoms with van der Waals surface area (Å²) < 4.78 is 4.56. The maximum absolute atomic E-state index is 12.2. The zero-order valence-electron chi connectivity index (χ0n) is 10.7. The standard InChI is InChI=1S/C11H20N2O3S/c1-5-8(10(12)17)11(15)13(7(2)3)6-9(14)16-4/h7-8H,5-6H2,1-4H3,(H2,12,17). The van der Waals surface area contributed by atoms with Crippen LogP contribution in [0.5, 0.6) is 0 Å². The van der Waals surface area contributed by atoms with E-state index in [4.69, 9.17) is 18.0 Å². The van der Waals surface area contributed by atoms with Crippen LogP contribution < -0.4 is 5.73 Å². The number of esters is 1. The molecule has 2 N–H and O–H groups in total. The molecule has 1 unspecified atom stereocenters. The molecule has 0 aromatic heterocycles. The molecule has 0 spiro atoms. The van der Waals surface area contributed by atoms with E-state index in [-0.39, 0.29) is 23.5 Å². The first-order chi connectivity index (χ1) is 7.84. The average Bonchev–Trinajstić information content (AvgIpc) is 2.25. The maximum Gasteiger partial charge on any atom is 0.325 e. The summed E-state index contributed by atoms with van der Waals surface area (Å²) >= 11 is 4.85. The second-order valence-electron chi connectivity index (χ2n) is 4.00. The third-order valence-corrected chi connectivity index (χ3v) is 2.77. The van der Waals surface area contributed by atoms with Gasteiger partial charge < -0.3 is 15.4 Å². The molecule has 0 saturated heterocycles. The number of hydrogen-bond acceptors (Lipinski definition) is 4. The minimum absolute atomic E-state index is 0.0773. The molecule has 1 amide bonds. The van der Waals surface area contributed by atoms with Crippen LogP contribution in [0.1, 0.15) is 27.2 Å². The summed E-state index contributed by atoms with van der Waals surface area (Å²) in [5.41, 5.74) is 5.52. The molecule has 98 valence electrons. The highest BCUT2D eigenvalue weighted by molar-refractivity contribution is 7.80. The fourth-order valence-corrected chi connectivity index (χ4v) is 1.68. The zero-order valence-corrected chi connectivity index (χ0v) is 11.5. The van der Waals surface area contributed by atoms with Crippen LogP contribution in [0.3, 0.4) is 0 Å². The Morgan fingerprint density at radius 1 is 1.41 bits per heavy atom. The topological polar surface area (TPSA) is 72.6 Å².